The molecular weight excluding hydrogens is 480 g/mol. The molecule has 4 nitrogen and oxygen atoms in total. The van der Waals surface area contributed by atoms with Gasteiger partial charge in [0.25, 0.3) is 0 Å². The molecule has 1 N–H and O–H groups in total. The van der Waals surface area contributed by atoms with E-state index in [1.165, 1.54) is 5.56 Å². The molecule has 0 aliphatic heterocycles. The van der Waals surface area contributed by atoms with Crippen LogP contribution in [0.5, 0.6) is 0 Å². The van der Waals surface area contributed by atoms with Gasteiger partial charge in [-0.15, -0.1) is 0 Å². The van der Waals surface area contributed by atoms with Gasteiger partial charge in [0.05, 0.1) is 0 Å². The molecule has 0 bridgehead atoms. The third-order valence-electron chi connectivity index (χ3n) is 6.81. The van der Waals surface area contributed by atoms with Gasteiger partial charge in [0.1, 0.15) is 6.04 Å². The Labute approximate surface area is 227 Å². The maximum absolute atomic E-state index is 13.8. The maximum Gasteiger partial charge on any atom is 0.243 e. The van der Waals surface area contributed by atoms with Crippen molar-refractivity contribution in [2.24, 2.45) is 0 Å². The average Bonchev–Trinajstić information content (AvgIpc) is 2.91. The Bertz CT molecular complexity index is 1130. The van der Waals surface area contributed by atoms with Gasteiger partial charge in [0.15, 0.2) is 0 Å². The summed E-state index contributed by atoms with van der Waals surface area (Å²) in [5.41, 5.74) is 4.36. The summed E-state index contributed by atoms with van der Waals surface area (Å²) in [6.07, 6.45) is 2.22. The number of carbonyl (C=O) groups is 2. The van der Waals surface area contributed by atoms with Crippen molar-refractivity contribution in [3.8, 4) is 0 Å². The molecule has 0 aliphatic rings. The van der Waals surface area contributed by atoms with Gasteiger partial charge in [-0.1, -0.05) is 99.1 Å². The van der Waals surface area contributed by atoms with E-state index in [1.54, 1.807) is 4.90 Å². The summed E-state index contributed by atoms with van der Waals surface area (Å²) in [4.78, 5) is 29.1. The number of hydrogen-bond acceptors (Lipinski definition) is 2. The van der Waals surface area contributed by atoms with Crippen LogP contribution in [0.2, 0.25) is 5.02 Å². The van der Waals surface area contributed by atoms with E-state index in [1.807, 2.05) is 68.4 Å². The van der Waals surface area contributed by atoms with Crippen molar-refractivity contribution in [3.05, 3.63) is 106 Å². The number of amides is 2. The van der Waals surface area contributed by atoms with Gasteiger partial charge in [-0.05, 0) is 60.1 Å². The summed E-state index contributed by atoms with van der Waals surface area (Å²) >= 11 is 6.11. The van der Waals surface area contributed by atoms with Crippen molar-refractivity contribution in [2.45, 2.75) is 77.9 Å². The summed E-state index contributed by atoms with van der Waals surface area (Å²) in [5.74, 6) is 0.304. The highest BCUT2D eigenvalue weighted by atomic mass is 35.5. The standard InChI is InChI=1S/C32H39ClN2O2/c1-5-24(4)34-32(37)30(21-26-9-7-6-8-10-26)35(22-27-13-18-29(33)19-14-27)31(36)20-15-25-11-16-28(17-12-25)23(2)3/h6-14,16-19,23-24,30H,5,15,20-22H2,1-4H3,(H,34,37)/t24-,30-/m1/s1. The molecule has 2 atom stereocenters. The van der Waals surface area contributed by atoms with Crippen molar-refractivity contribution in [3.63, 3.8) is 0 Å². The Kier molecular flexibility index (Phi) is 10.8. The second kappa shape index (κ2) is 14.0. The highest BCUT2D eigenvalue weighted by molar-refractivity contribution is 6.30. The zero-order chi connectivity index (χ0) is 26.8. The number of benzene rings is 3. The molecule has 3 rings (SSSR count). The monoisotopic (exact) mass is 518 g/mol. The Hall–Kier alpha value is -3.11. The maximum atomic E-state index is 13.8. The molecule has 5 heteroatoms. The van der Waals surface area contributed by atoms with Gasteiger partial charge >= 0.3 is 0 Å². The van der Waals surface area contributed by atoms with Crippen LogP contribution < -0.4 is 5.32 Å². The first-order valence-electron chi connectivity index (χ1n) is 13.2. The van der Waals surface area contributed by atoms with Crippen molar-refractivity contribution in [1.82, 2.24) is 10.2 Å². The quantitative estimate of drug-likeness (QED) is 0.282. The molecular formula is C32H39ClN2O2. The predicted octanol–water partition coefficient (Wildman–Crippen LogP) is 6.95. The first-order chi connectivity index (χ1) is 17.8. The van der Waals surface area contributed by atoms with Gasteiger partial charge in [-0.3, -0.25) is 9.59 Å². The molecule has 0 spiro atoms. The van der Waals surface area contributed by atoms with E-state index in [0.717, 1.165) is 23.1 Å². The molecule has 0 aromatic heterocycles. The molecule has 0 saturated heterocycles. The first-order valence-corrected chi connectivity index (χ1v) is 13.6. The molecule has 0 radical (unpaired) electrons. The van der Waals surface area contributed by atoms with Crippen molar-refractivity contribution < 1.29 is 9.59 Å². The number of nitrogens with zero attached hydrogens (tertiary/aromatic N) is 1. The van der Waals surface area contributed by atoms with Crippen LogP contribution >= 0.6 is 11.6 Å². The number of carbonyl (C=O) groups excluding carboxylic acids is 2. The smallest absolute Gasteiger partial charge is 0.243 e. The number of aryl methyl sites for hydroxylation is 1. The average molecular weight is 519 g/mol. The highest BCUT2D eigenvalue weighted by Gasteiger charge is 2.30. The van der Waals surface area contributed by atoms with E-state index in [9.17, 15) is 9.59 Å². The van der Waals surface area contributed by atoms with E-state index < -0.39 is 6.04 Å². The summed E-state index contributed by atoms with van der Waals surface area (Å²) < 4.78 is 0. The van der Waals surface area contributed by atoms with Gasteiger partial charge in [0, 0.05) is 30.5 Å². The van der Waals surface area contributed by atoms with Crippen LogP contribution in [0.4, 0.5) is 0 Å². The van der Waals surface area contributed by atoms with E-state index in [2.05, 4.69) is 43.4 Å². The lowest BCUT2D eigenvalue weighted by atomic mass is 9.99. The molecule has 0 heterocycles. The predicted molar refractivity (Wildman–Crippen MR) is 153 cm³/mol. The Morgan fingerprint density at radius 3 is 2.05 bits per heavy atom. The van der Waals surface area contributed by atoms with Crippen molar-refractivity contribution >= 4 is 23.4 Å². The lowest BCUT2D eigenvalue weighted by Crippen LogP contribution is -2.52. The zero-order valence-electron chi connectivity index (χ0n) is 22.4. The van der Waals surface area contributed by atoms with E-state index >= 15 is 0 Å². The zero-order valence-corrected chi connectivity index (χ0v) is 23.2. The minimum absolute atomic E-state index is 0.0257. The minimum atomic E-state index is -0.622. The normalized spacial score (nSPS) is 12.7. The second-order valence-corrected chi connectivity index (χ2v) is 10.5. The van der Waals surface area contributed by atoms with Gasteiger partial charge in [-0.2, -0.15) is 0 Å². The largest absolute Gasteiger partial charge is 0.352 e. The Morgan fingerprint density at radius 1 is 0.838 bits per heavy atom. The van der Waals surface area contributed by atoms with Gasteiger partial charge < -0.3 is 10.2 Å². The molecule has 3 aromatic carbocycles. The lowest BCUT2D eigenvalue weighted by Gasteiger charge is -2.32. The summed E-state index contributed by atoms with van der Waals surface area (Å²) in [5, 5.41) is 3.76. The molecule has 0 unspecified atom stereocenters. The highest BCUT2D eigenvalue weighted by Crippen LogP contribution is 2.20. The molecule has 37 heavy (non-hydrogen) atoms. The van der Waals surface area contributed by atoms with Crippen LogP contribution in [0, 0.1) is 0 Å². The van der Waals surface area contributed by atoms with Crippen LogP contribution in [0.3, 0.4) is 0 Å². The fourth-order valence-electron chi connectivity index (χ4n) is 4.25. The molecule has 196 valence electrons. The van der Waals surface area contributed by atoms with Crippen LogP contribution in [0.15, 0.2) is 78.9 Å². The van der Waals surface area contributed by atoms with Crippen LogP contribution in [0.25, 0.3) is 0 Å². The first kappa shape index (κ1) is 28.5. The number of halogens is 1. The fraction of sp³-hybridized carbons (Fsp3) is 0.375. The van der Waals surface area contributed by atoms with Crippen molar-refractivity contribution in [2.75, 3.05) is 0 Å². The third kappa shape index (κ3) is 8.75. The number of rotatable bonds is 12. The third-order valence-corrected chi connectivity index (χ3v) is 7.06. The van der Waals surface area contributed by atoms with Crippen LogP contribution in [-0.4, -0.2) is 28.8 Å². The molecule has 0 aliphatic carbocycles. The topological polar surface area (TPSA) is 49.4 Å². The SMILES string of the molecule is CC[C@@H](C)NC(=O)[C@@H](Cc1ccccc1)N(Cc1ccc(Cl)cc1)C(=O)CCc1ccc(C(C)C)cc1. The van der Waals surface area contributed by atoms with Crippen LogP contribution in [-0.2, 0) is 29.0 Å². The summed E-state index contributed by atoms with van der Waals surface area (Å²) in [7, 11) is 0. The molecule has 0 saturated carbocycles. The van der Waals surface area contributed by atoms with Gasteiger partial charge in [-0.25, -0.2) is 0 Å². The number of nitrogens with one attached hydrogen (secondary N) is 1. The molecule has 3 aromatic rings. The van der Waals surface area contributed by atoms with E-state index in [4.69, 9.17) is 11.6 Å². The number of hydrogen-bond donors (Lipinski definition) is 1. The summed E-state index contributed by atoms with van der Waals surface area (Å²) in [6, 6.07) is 25.2. The molecule has 0 fully saturated rings. The lowest BCUT2D eigenvalue weighted by molar-refractivity contribution is -0.141. The van der Waals surface area contributed by atoms with Crippen molar-refractivity contribution in [1.29, 1.82) is 0 Å². The Morgan fingerprint density at radius 2 is 1.46 bits per heavy atom. The minimum Gasteiger partial charge on any atom is -0.352 e. The van der Waals surface area contributed by atoms with E-state index in [0.29, 0.717) is 36.7 Å². The fourth-order valence-corrected chi connectivity index (χ4v) is 4.37. The van der Waals surface area contributed by atoms with Gasteiger partial charge in [0.2, 0.25) is 11.8 Å². The molecule has 2 amide bonds. The Balaban J connectivity index is 1.88. The summed E-state index contributed by atoms with van der Waals surface area (Å²) in [6.45, 7) is 8.71. The van der Waals surface area contributed by atoms with Crippen LogP contribution in [0.1, 0.15) is 68.7 Å². The van der Waals surface area contributed by atoms with E-state index in [-0.39, 0.29) is 17.9 Å². The second-order valence-electron chi connectivity index (χ2n) is 10.1.